The van der Waals surface area contributed by atoms with E-state index < -0.39 is 28.0 Å². The van der Waals surface area contributed by atoms with Gasteiger partial charge in [-0.3, -0.25) is 10.1 Å². The predicted molar refractivity (Wildman–Crippen MR) is 145 cm³/mol. The summed E-state index contributed by atoms with van der Waals surface area (Å²) in [6, 6.07) is 13.4. The van der Waals surface area contributed by atoms with Crippen LogP contribution in [0.5, 0.6) is 5.88 Å². The Bertz CT molecular complexity index is 1500. The van der Waals surface area contributed by atoms with Crippen molar-refractivity contribution < 1.29 is 24.0 Å². The summed E-state index contributed by atoms with van der Waals surface area (Å²) >= 11 is 6.82. The standard InChI is InChI=1S/C28H26ClN5O6/c1-27(29)14-21(39-25(35)17-6-8-18(9-7-17)34(37)38)23-22(27)24(32-16-31-23)40-26(36)33-12-10-28(11-13-33)15-30-20-5-3-2-4-19(20)28/h2-9,16,21,30H,10-15H2,1H3/t21-,27-/m1/s1. The molecule has 1 N–H and O–H groups in total. The second kappa shape index (κ2) is 9.74. The van der Waals surface area contributed by atoms with Crippen LogP contribution >= 0.6 is 11.6 Å². The van der Waals surface area contributed by atoms with E-state index in [0.717, 1.165) is 25.1 Å². The molecule has 12 heteroatoms. The first-order valence-electron chi connectivity index (χ1n) is 13.0. The lowest BCUT2D eigenvalue weighted by atomic mass is 9.74. The van der Waals surface area contributed by atoms with Crippen LogP contribution in [0.25, 0.3) is 0 Å². The summed E-state index contributed by atoms with van der Waals surface area (Å²) in [7, 11) is 0. The Kier molecular flexibility index (Phi) is 6.33. The number of amides is 1. The molecule has 2 aromatic carbocycles. The van der Waals surface area contributed by atoms with Crippen LogP contribution < -0.4 is 10.1 Å². The molecule has 3 aliphatic rings. The maximum atomic E-state index is 13.2. The molecule has 0 radical (unpaired) electrons. The number of piperidine rings is 1. The van der Waals surface area contributed by atoms with E-state index in [1.165, 1.54) is 36.2 Å². The number of nitrogens with zero attached hydrogens (tertiary/aromatic N) is 4. The van der Waals surface area contributed by atoms with Crippen LogP contribution in [0.3, 0.4) is 0 Å². The van der Waals surface area contributed by atoms with Gasteiger partial charge in [0.2, 0.25) is 5.88 Å². The third kappa shape index (κ3) is 4.49. The van der Waals surface area contributed by atoms with Crippen LogP contribution in [0.15, 0.2) is 54.9 Å². The summed E-state index contributed by atoms with van der Waals surface area (Å²) in [5.74, 6) is -0.642. The number of esters is 1. The molecule has 3 heterocycles. The van der Waals surface area contributed by atoms with E-state index in [9.17, 15) is 19.7 Å². The topological polar surface area (TPSA) is 137 Å². The van der Waals surface area contributed by atoms with Crippen LogP contribution in [0.2, 0.25) is 0 Å². The zero-order valence-electron chi connectivity index (χ0n) is 21.6. The molecule has 1 amide bonds. The molecular formula is C28H26ClN5O6. The number of alkyl halides is 1. The lowest BCUT2D eigenvalue weighted by Gasteiger charge is -2.38. The van der Waals surface area contributed by atoms with Crippen molar-refractivity contribution in [2.75, 3.05) is 25.0 Å². The fourth-order valence-corrected chi connectivity index (χ4v) is 6.24. The third-order valence-corrected chi connectivity index (χ3v) is 8.42. The number of likely N-dealkylation sites (tertiary alicyclic amines) is 1. The maximum absolute atomic E-state index is 13.2. The van der Waals surface area contributed by atoms with Gasteiger partial charge in [0.15, 0.2) is 0 Å². The Morgan fingerprint density at radius 1 is 1.12 bits per heavy atom. The van der Waals surface area contributed by atoms with Crippen LogP contribution in [0.4, 0.5) is 16.2 Å². The van der Waals surface area contributed by atoms with Crippen LogP contribution in [0, 0.1) is 10.1 Å². The molecule has 0 unspecified atom stereocenters. The number of hydrogen-bond donors (Lipinski definition) is 1. The first kappa shape index (κ1) is 26.0. The molecule has 1 aromatic heterocycles. The van der Waals surface area contributed by atoms with Crippen molar-refractivity contribution in [1.82, 2.24) is 14.9 Å². The molecule has 3 aromatic rings. The van der Waals surface area contributed by atoms with Crippen LogP contribution in [-0.4, -0.2) is 51.5 Å². The van der Waals surface area contributed by atoms with Gasteiger partial charge in [-0.2, -0.15) is 0 Å². The maximum Gasteiger partial charge on any atom is 0.416 e. The number of ether oxygens (including phenoxy) is 2. The minimum atomic E-state index is -1.06. The summed E-state index contributed by atoms with van der Waals surface area (Å²) in [6.45, 7) is 3.65. The Labute approximate surface area is 234 Å². The highest BCUT2D eigenvalue weighted by Gasteiger charge is 2.47. The van der Waals surface area contributed by atoms with E-state index >= 15 is 0 Å². The molecular weight excluding hydrogens is 538 g/mol. The summed E-state index contributed by atoms with van der Waals surface area (Å²) in [5, 5.41) is 14.4. The zero-order chi connectivity index (χ0) is 28.1. The largest absolute Gasteiger partial charge is 0.452 e. The van der Waals surface area contributed by atoms with E-state index in [4.69, 9.17) is 21.1 Å². The highest BCUT2D eigenvalue weighted by atomic mass is 35.5. The SMILES string of the molecule is C[C@@]1(Cl)C[C@@H](OC(=O)c2ccc([N+](=O)[O-])cc2)c2ncnc(OC(=O)N3CCC4(CC3)CNc3ccccc34)c21. The van der Waals surface area contributed by atoms with E-state index in [2.05, 4.69) is 27.4 Å². The van der Waals surface area contributed by atoms with Crippen molar-refractivity contribution in [3.05, 3.63) is 87.4 Å². The number of nitrogens with one attached hydrogen (secondary N) is 1. The number of fused-ring (bicyclic) bond motifs is 3. The number of hydrogen-bond acceptors (Lipinski definition) is 9. The molecule has 206 valence electrons. The number of para-hydroxylation sites is 1. The minimum Gasteiger partial charge on any atom is -0.452 e. The van der Waals surface area contributed by atoms with Crippen molar-refractivity contribution >= 4 is 35.0 Å². The second-order valence-corrected chi connectivity index (χ2v) is 11.4. The molecule has 2 aliphatic heterocycles. The van der Waals surface area contributed by atoms with Gasteiger partial charge in [0, 0.05) is 49.3 Å². The Balaban J connectivity index is 1.15. The molecule has 0 bridgehead atoms. The van der Waals surface area contributed by atoms with Crippen LogP contribution in [-0.2, 0) is 15.0 Å². The number of benzene rings is 2. The molecule has 11 nitrogen and oxygen atoms in total. The number of aromatic nitrogens is 2. The van der Waals surface area contributed by atoms with Gasteiger partial charge in [0.1, 0.15) is 12.4 Å². The molecule has 1 fully saturated rings. The average molecular weight is 564 g/mol. The molecule has 40 heavy (non-hydrogen) atoms. The van der Waals surface area contributed by atoms with Crippen molar-refractivity contribution in [3.8, 4) is 5.88 Å². The van der Waals surface area contributed by atoms with Crippen molar-refractivity contribution in [2.24, 2.45) is 0 Å². The van der Waals surface area contributed by atoms with Crippen molar-refractivity contribution in [2.45, 2.75) is 42.6 Å². The Hall–Kier alpha value is -4.25. The number of halogens is 1. The predicted octanol–water partition coefficient (Wildman–Crippen LogP) is 5.10. The number of carbonyl (C=O) groups is 2. The van der Waals surface area contributed by atoms with Gasteiger partial charge in [0.25, 0.3) is 5.69 Å². The van der Waals surface area contributed by atoms with E-state index in [0.29, 0.717) is 24.3 Å². The highest BCUT2D eigenvalue weighted by Crippen LogP contribution is 2.51. The molecule has 6 rings (SSSR count). The Morgan fingerprint density at radius 3 is 2.58 bits per heavy atom. The minimum absolute atomic E-state index is 0.000974. The first-order valence-corrected chi connectivity index (χ1v) is 13.3. The fraction of sp³-hybridized carbons (Fsp3) is 0.357. The number of rotatable bonds is 4. The lowest BCUT2D eigenvalue weighted by molar-refractivity contribution is -0.384. The van der Waals surface area contributed by atoms with Gasteiger partial charge in [-0.25, -0.2) is 19.6 Å². The summed E-state index contributed by atoms with van der Waals surface area (Å²) in [6.07, 6.45) is 1.71. The lowest BCUT2D eigenvalue weighted by Crippen LogP contribution is -2.47. The Morgan fingerprint density at radius 2 is 1.85 bits per heavy atom. The zero-order valence-corrected chi connectivity index (χ0v) is 22.4. The van der Waals surface area contributed by atoms with Crippen LogP contribution in [0.1, 0.15) is 59.5 Å². The van der Waals surface area contributed by atoms with E-state index in [1.807, 2.05) is 12.1 Å². The first-order chi connectivity index (χ1) is 19.2. The number of non-ortho nitro benzene ring substituents is 1. The molecule has 1 spiro atoms. The highest BCUT2D eigenvalue weighted by molar-refractivity contribution is 6.24. The smallest absolute Gasteiger partial charge is 0.416 e. The van der Waals surface area contributed by atoms with Gasteiger partial charge in [-0.05, 0) is 43.5 Å². The van der Waals surface area contributed by atoms with Gasteiger partial charge >= 0.3 is 12.1 Å². The van der Waals surface area contributed by atoms with E-state index in [1.54, 1.807) is 11.8 Å². The number of anilines is 1. The van der Waals surface area contributed by atoms with Crippen molar-refractivity contribution in [3.63, 3.8) is 0 Å². The monoisotopic (exact) mass is 563 g/mol. The van der Waals surface area contributed by atoms with Gasteiger partial charge in [-0.15, -0.1) is 11.6 Å². The molecule has 1 aliphatic carbocycles. The van der Waals surface area contributed by atoms with Gasteiger partial charge in [-0.1, -0.05) is 18.2 Å². The molecule has 0 saturated carbocycles. The summed E-state index contributed by atoms with van der Waals surface area (Å²) in [5.41, 5.74) is 3.22. The van der Waals surface area contributed by atoms with E-state index in [-0.39, 0.29) is 29.0 Å². The average Bonchev–Trinajstić information content (AvgIpc) is 3.43. The number of nitro groups is 1. The number of nitro benzene ring substituents is 1. The quantitative estimate of drug-likeness (QED) is 0.199. The fourth-order valence-electron chi connectivity index (χ4n) is 5.92. The number of carbonyl (C=O) groups excluding carboxylic acids is 2. The van der Waals surface area contributed by atoms with Crippen molar-refractivity contribution in [1.29, 1.82) is 0 Å². The third-order valence-electron chi connectivity index (χ3n) is 8.08. The second-order valence-electron chi connectivity index (χ2n) is 10.6. The molecule has 2 atom stereocenters. The normalized spacial score (nSPS) is 22.2. The summed E-state index contributed by atoms with van der Waals surface area (Å²) in [4.78, 5) is 45.4. The molecule has 1 saturated heterocycles. The summed E-state index contributed by atoms with van der Waals surface area (Å²) < 4.78 is 11.4. The van der Waals surface area contributed by atoms with Gasteiger partial charge < -0.3 is 19.7 Å². The van der Waals surface area contributed by atoms with Gasteiger partial charge in [0.05, 0.1) is 26.6 Å².